The fourth-order valence-electron chi connectivity index (χ4n) is 17.5. The van der Waals surface area contributed by atoms with Crippen molar-refractivity contribution >= 4 is 147 Å². The molecule has 0 radical (unpaired) electrons. The number of furan rings is 3. The average Bonchev–Trinajstić information content (AvgIpc) is 1.60. The average molecular weight is 1880 g/mol. The van der Waals surface area contributed by atoms with Crippen LogP contribution in [0.25, 0.3) is 212 Å². The largest absolute Gasteiger partial charge is 0.495 e. The van der Waals surface area contributed by atoms with Crippen LogP contribution in [-0.4, -0.2) is 80.3 Å². The van der Waals surface area contributed by atoms with Gasteiger partial charge in [-0.3, -0.25) is 0 Å². The normalized spacial score (nSPS) is 12.5. The number of fused-ring (bicyclic) bond motifs is 11. The quantitative estimate of drug-likeness (QED) is 0.103. The molecule has 0 bridgehead atoms. The number of hydrogen-bond acceptors (Lipinski definition) is 16. The molecule has 0 aliphatic carbocycles. The van der Waals surface area contributed by atoms with Crippen LogP contribution in [0.15, 0.2) is 438 Å². The molecule has 140 heavy (non-hydrogen) atoms. The number of halogens is 3. The van der Waals surface area contributed by atoms with E-state index < -0.39 is 14.2 Å². The summed E-state index contributed by atoms with van der Waals surface area (Å²) < 4.78 is 31.1. The fraction of sp³-hybridized carbons (Fsp3) is 0.0504. The summed E-state index contributed by atoms with van der Waals surface area (Å²) in [5, 5.41) is 30.3. The first-order valence-electron chi connectivity index (χ1n) is 45.8. The molecule has 21 heteroatoms. The van der Waals surface area contributed by atoms with Gasteiger partial charge in [0.05, 0.1) is 21.2 Å². The van der Waals surface area contributed by atoms with E-state index in [2.05, 4.69) is 124 Å². The van der Waals surface area contributed by atoms with Gasteiger partial charge in [-0.05, 0) is 148 Å². The van der Waals surface area contributed by atoms with Crippen LogP contribution in [0, 0.1) is 0 Å². The predicted molar refractivity (Wildman–Crippen MR) is 570 cm³/mol. The highest BCUT2D eigenvalue weighted by Gasteiger charge is 2.52. The van der Waals surface area contributed by atoms with Crippen molar-refractivity contribution in [3.8, 4) is 124 Å². The molecule has 0 unspecified atom stereocenters. The Kier molecular flexibility index (Phi) is 25.4. The summed E-state index contributed by atoms with van der Waals surface area (Å²) in [7, 11) is -1.86. The molecule has 25 rings (SSSR count). The Bertz CT molecular complexity index is 8450. The molecule has 24 aromatic rings. The van der Waals surface area contributed by atoms with Crippen molar-refractivity contribution in [1.82, 2.24) is 44.9 Å². The Hall–Kier alpha value is -16.3. The Morgan fingerprint density at radius 3 is 0.900 bits per heavy atom. The molecule has 674 valence electrons. The van der Waals surface area contributed by atoms with Gasteiger partial charge in [0, 0.05) is 82.4 Å². The number of hydrogen-bond donors (Lipinski definition) is 2. The van der Waals surface area contributed by atoms with Crippen molar-refractivity contribution in [2.75, 3.05) is 0 Å². The topological polar surface area (TPSA) is 214 Å². The minimum absolute atomic E-state index is 0.202. The van der Waals surface area contributed by atoms with E-state index in [-0.39, 0.29) is 16.5 Å². The zero-order chi connectivity index (χ0) is 95.4. The van der Waals surface area contributed by atoms with Crippen molar-refractivity contribution < 1.29 is 32.6 Å². The summed E-state index contributed by atoms with van der Waals surface area (Å²) in [4.78, 5) is 42.3. The Balaban J connectivity index is 0.000000109. The van der Waals surface area contributed by atoms with Crippen molar-refractivity contribution in [2.24, 2.45) is 0 Å². The van der Waals surface area contributed by atoms with Gasteiger partial charge in [0.1, 0.15) is 22.3 Å². The third-order valence-electron chi connectivity index (χ3n) is 25.2. The monoisotopic (exact) mass is 1880 g/mol. The van der Waals surface area contributed by atoms with E-state index in [1.54, 1.807) is 12.1 Å². The number of nitrogens with zero attached hydrogens (tertiary/aromatic N) is 9. The molecular weight excluding hydrogens is 1800 g/mol. The molecule has 1 saturated heterocycles. The van der Waals surface area contributed by atoms with Crippen molar-refractivity contribution in [3.63, 3.8) is 0 Å². The van der Waals surface area contributed by atoms with E-state index in [1.165, 1.54) is 32.7 Å². The van der Waals surface area contributed by atoms with Gasteiger partial charge in [0.15, 0.2) is 57.8 Å². The molecule has 2 N–H and O–H groups in total. The molecule has 0 spiro atoms. The second kappa shape index (κ2) is 39.5. The van der Waals surface area contributed by atoms with E-state index in [0.717, 1.165) is 127 Å². The van der Waals surface area contributed by atoms with Gasteiger partial charge in [0.2, 0.25) is 5.28 Å². The first-order valence-corrected chi connectivity index (χ1v) is 46.9. The Morgan fingerprint density at radius 2 is 0.514 bits per heavy atom. The lowest BCUT2D eigenvalue weighted by Gasteiger charge is -2.32. The summed E-state index contributed by atoms with van der Waals surface area (Å²) >= 11 is 18.8. The van der Waals surface area contributed by atoms with E-state index in [9.17, 15) is 0 Å². The first-order chi connectivity index (χ1) is 68.5. The van der Waals surface area contributed by atoms with Gasteiger partial charge >= 0.3 is 14.2 Å². The molecule has 0 saturated carbocycles. The minimum atomic E-state index is -1.42. The van der Waals surface area contributed by atoms with Crippen LogP contribution in [-0.2, 0) is 9.31 Å². The maximum atomic E-state index is 9.11. The molecule has 18 aromatic carbocycles. The van der Waals surface area contributed by atoms with Crippen LogP contribution < -0.4 is 10.9 Å². The zero-order valence-corrected chi connectivity index (χ0v) is 78.4. The van der Waals surface area contributed by atoms with Gasteiger partial charge in [0.25, 0.3) is 0 Å². The van der Waals surface area contributed by atoms with Gasteiger partial charge in [-0.1, -0.05) is 399 Å². The zero-order valence-electron chi connectivity index (χ0n) is 76.2. The number of benzene rings is 18. The van der Waals surface area contributed by atoms with Gasteiger partial charge in [-0.25, -0.2) is 34.9 Å². The number of rotatable bonds is 13. The van der Waals surface area contributed by atoms with Crippen molar-refractivity contribution in [2.45, 2.75) is 38.9 Å². The maximum absolute atomic E-state index is 9.11. The number of para-hydroxylation sites is 3. The van der Waals surface area contributed by atoms with E-state index in [1.807, 2.05) is 331 Å². The summed E-state index contributed by atoms with van der Waals surface area (Å²) in [5.41, 5.74) is 19.2. The SMILES string of the molecule is CC1(C)OB(c2ccc(Cl)c3oc4ccccc4c23)OC1(C)C.Clc1ccc(-c2nc(-c3ccccc3)nc(-c3ccccc3)n2)c2c1oc1ccccc12.Clc1nc(-c2ccccc2)nc(-c2ccccc2)n1.OB(O)c1ccc(-c2cccc3ccccc23)cc1.c1ccc(-c2nc(-c3ccccc3)nc(-c3ccc(-c4ccc(-c5cccc6ccccc56)cc4)c4oc5ccccc5c34)n2)cc1. The van der Waals surface area contributed by atoms with Crippen LogP contribution in [0.4, 0.5) is 0 Å². The lowest BCUT2D eigenvalue weighted by atomic mass is 9.76. The summed E-state index contributed by atoms with van der Waals surface area (Å²) in [6.07, 6.45) is 0. The standard InChI is InChI=1S/C43H27N3O.C27H16ClN3O.C18H18BClO3.C16H13BO2.C15H10ClN3/c1-3-13-31(14-4-1)41-44-42(32-15-5-2-6-16-32)46-43(45-41)37-27-26-35(40-39(37)36-19-9-10-21-38(36)47-40)30-24-22-29(23-25-30)34-20-11-17-28-12-7-8-18-33(28)34;28-21-16-15-20(23-19-13-7-8-14-22(19)32-24(21)23)27-30-25(17-9-3-1-4-10-17)29-26(31-27)18-11-5-2-6-12-18;1-17(2)18(3,4)23-19(22-17)12-9-10-13(20)16-15(12)11-7-5-6-8-14(11)21-16;18-17(19)14-10-8-13(9-11-14)16-7-3-5-12-4-1-2-6-15(12)16;16-15-18-13(11-7-3-1-4-8-11)17-14(19-15)12-9-5-2-6-10-12/h1-27H;1-16H;5-10H,1-4H3;1-11,18-19H;1-10H. The third-order valence-corrected chi connectivity index (χ3v) is 25.9. The van der Waals surface area contributed by atoms with Crippen LogP contribution in [0.2, 0.25) is 15.3 Å². The molecule has 7 heterocycles. The highest BCUT2D eigenvalue weighted by atomic mass is 35.5. The van der Waals surface area contributed by atoms with Gasteiger partial charge < -0.3 is 32.6 Å². The molecule has 16 nitrogen and oxygen atoms in total. The fourth-order valence-corrected chi connectivity index (χ4v) is 18.0. The molecule has 1 fully saturated rings. The molecule has 0 atom stereocenters. The highest BCUT2D eigenvalue weighted by molar-refractivity contribution is 6.66. The van der Waals surface area contributed by atoms with E-state index >= 15 is 0 Å². The predicted octanol–water partition coefficient (Wildman–Crippen LogP) is 29.3. The van der Waals surface area contributed by atoms with Gasteiger partial charge in [-0.2, -0.15) is 9.97 Å². The lowest BCUT2D eigenvalue weighted by Crippen LogP contribution is -2.41. The van der Waals surface area contributed by atoms with E-state index in [0.29, 0.717) is 73.3 Å². The Labute approximate surface area is 822 Å². The van der Waals surface area contributed by atoms with Crippen LogP contribution in [0.3, 0.4) is 0 Å². The second-order valence-corrected chi connectivity index (χ2v) is 35.7. The maximum Gasteiger partial charge on any atom is 0.495 e. The van der Waals surface area contributed by atoms with Crippen molar-refractivity contribution in [1.29, 1.82) is 0 Å². The molecule has 1 aliphatic rings. The summed E-state index contributed by atoms with van der Waals surface area (Å²) in [5.74, 6) is 4.83. The molecule has 0 amide bonds. The van der Waals surface area contributed by atoms with E-state index in [4.69, 9.17) is 97.3 Å². The number of aromatic nitrogens is 9. The third kappa shape index (κ3) is 18.6. The van der Waals surface area contributed by atoms with Crippen LogP contribution in [0.5, 0.6) is 0 Å². The minimum Gasteiger partial charge on any atom is -0.455 e. The summed E-state index contributed by atoms with van der Waals surface area (Å²) in [6, 6.07) is 141. The summed E-state index contributed by atoms with van der Waals surface area (Å²) in [6.45, 7) is 8.20. The molecule has 1 aliphatic heterocycles. The first kappa shape index (κ1) is 90.2. The van der Waals surface area contributed by atoms with Crippen LogP contribution in [0.1, 0.15) is 27.7 Å². The second-order valence-electron chi connectivity index (χ2n) is 34.6. The Morgan fingerprint density at radius 1 is 0.236 bits per heavy atom. The molecule has 6 aromatic heterocycles. The molecular formula is C119H84B2Cl3N9O7. The van der Waals surface area contributed by atoms with Gasteiger partial charge in [-0.15, -0.1) is 0 Å². The van der Waals surface area contributed by atoms with Crippen molar-refractivity contribution in [3.05, 3.63) is 440 Å². The lowest BCUT2D eigenvalue weighted by molar-refractivity contribution is 0.00578. The highest BCUT2D eigenvalue weighted by Crippen LogP contribution is 2.46. The van der Waals surface area contributed by atoms with Crippen LogP contribution >= 0.6 is 34.8 Å². The smallest absolute Gasteiger partial charge is 0.455 e.